The molecular weight excluding hydrogens is 292 g/mol. The summed E-state index contributed by atoms with van der Waals surface area (Å²) in [5, 5.41) is 3.22. The quantitative estimate of drug-likeness (QED) is 0.851. The highest BCUT2D eigenvalue weighted by molar-refractivity contribution is 6.32. The van der Waals surface area contributed by atoms with Crippen LogP contribution in [0.5, 0.6) is 11.5 Å². The lowest BCUT2D eigenvalue weighted by molar-refractivity contribution is 0.102. The van der Waals surface area contributed by atoms with E-state index in [4.69, 9.17) is 26.8 Å². The van der Waals surface area contributed by atoms with E-state index in [9.17, 15) is 4.79 Å². The van der Waals surface area contributed by atoms with Gasteiger partial charge >= 0.3 is 0 Å². The zero-order valence-corrected chi connectivity index (χ0v) is 12.4. The average Bonchev–Trinajstić information content (AvgIpc) is 2.49. The Morgan fingerprint density at radius 3 is 2.48 bits per heavy atom. The number of halogens is 1. The van der Waals surface area contributed by atoms with Crippen molar-refractivity contribution in [3.63, 3.8) is 0 Å². The van der Waals surface area contributed by atoms with Gasteiger partial charge in [-0.1, -0.05) is 11.6 Å². The number of nitrogen functional groups attached to an aromatic ring is 1. The predicted molar refractivity (Wildman–Crippen MR) is 83.4 cm³/mol. The number of nitrogens with one attached hydrogen (secondary N) is 1. The van der Waals surface area contributed by atoms with Gasteiger partial charge in [0.05, 0.1) is 24.8 Å². The summed E-state index contributed by atoms with van der Waals surface area (Å²) >= 11 is 5.94. The summed E-state index contributed by atoms with van der Waals surface area (Å²) in [4.78, 5) is 12.3. The maximum absolute atomic E-state index is 12.3. The van der Waals surface area contributed by atoms with Gasteiger partial charge in [0.25, 0.3) is 5.91 Å². The van der Waals surface area contributed by atoms with Gasteiger partial charge in [0.2, 0.25) is 0 Å². The molecule has 0 atom stereocenters. The van der Waals surface area contributed by atoms with Gasteiger partial charge in [0, 0.05) is 17.4 Å². The Hall–Kier alpha value is -2.40. The summed E-state index contributed by atoms with van der Waals surface area (Å²) in [6.07, 6.45) is 0. The fourth-order valence-corrected chi connectivity index (χ4v) is 2.03. The van der Waals surface area contributed by atoms with Gasteiger partial charge in [-0.05, 0) is 30.3 Å². The zero-order valence-electron chi connectivity index (χ0n) is 11.6. The Labute approximate surface area is 127 Å². The van der Waals surface area contributed by atoms with Crippen molar-refractivity contribution in [2.75, 3.05) is 25.3 Å². The van der Waals surface area contributed by atoms with E-state index in [1.807, 2.05) is 0 Å². The van der Waals surface area contributed by atoms with Gasteiger partial charge in [-0.25, -0.2) is 0 Å². The number of carbonyl (C=O) groups excluding carboxylic acids is 1. The van der Waals surface area contributed by atoms with Crippen molar-refractivity contribution in [3.05, 3.63) is 47.0 Å². The second kappa shape index (κ2) is 6.37. The van der Waals surface area contributed by atoms with Gasteiger partial charge in [-0.2, -0.15) is 0 Å². The molecule has 0 bridgehead atoms. The highest BCUT2D eigenvalue weighted by Crippen LogP contribution is 2.28. The molecule has 0 saturated heterocycles. The Bertz CT molecular complexity index is 674. The van der Waals surface area contributed by atoms with Gasteiger partial charge < -0.3 is 20.5 Å². The number of methoxy groups -OCH3 is 2. The van der Waals surface area contributed by atoms with Crippen molar-refractivity contribution < 1.29 is 14.3 Å². The summed E-state index contributed by atoms with van der Waals surface area (Å²) in [5.41, 5.74) is 7.10. The van der Waals surface area contributed by atoms with Crippen molar-refractivity contribution in [1.29, 1.82) is 0 Å². The molecule has 1 amide bonds. The largest absolute Gasteiger partial charge is 0.496 e. The van der Waals surface area contributed by atoms with Crippen LogP contribution in [0.15, 0.2) is 36.4 Å². The molecule has 0 spiro atoms. The molecule has 0 saturated carbocycles. The van der Waals surface area contributed by atoms with Crippen molar-refractivity contribution >= 4 is 28.9 Å². The molecule has 0 fully saturated rings. The molecule has 0 unspecified atom stereocenters. The molecule has 2 rings (SSSR count). The molecule has 0 aliphatic rings. The monoisotopic (exact) mass is 306 g/mol. The van der Waals surface area contributed by atoms with E-state index in [1.165, 1.54) is 14.2 Å². The molecule has 3 N–H and O–H groups in total. The van der Waals surface area contributed by atoms with Crippen LogP contribution in [0.1, 0.15) is 10.4 Å². The van der Waals surface area contributed by atoms with E-state index < -0.39 is 0 Å². The lowest BCUT2D eigenvalue weighted by atomic mass is 10.1. The number of rotatable bonds is 4. The minimum atomic E-state index is -0.330. The average molecular weight is 307 g/mol. The second-order valence-corrected chi connectivity index (χ2v) is 4.67. The van der Waals surface area contributed by atoms with E-state index in [-0.39, 0.29) is 5.91 Å². The van der Waals surface area contributed by atoms with Gasteiger partial charge in [-0.15, -0.1) is 0 Å². The zero-order chi connectivity index (χ0) is 15.4. The van der Waals surface area contributed by atoms with E-state index in [1.54, 1.807) is 36.4 Å². The minimum Gasteiger partial charge on any atom is -0.496 e. The Morgan fingerprint density at radius 1 is 1.10 bits per heavy atom. The standard InChI is InChI=1S/C15H15ClN2O3/c1-20-13-6-3-9(17)7-11(13)15(19)18-10-4-5-12(16)14(8-10)21-2/h3-8H,17H2,1-2H3,(H,18,19). The van der Waals surface area contributed by atoms with Crippen molar-refractivity contribution in [2.24, 2.45) is 0 Å². The predicted octanol–water partition coefficient (Wildman–Crippen LogP) is 3.19. The van der Waals surface area contributed by atoms with Crippen LogP contribution in [-0.2, 0) is 0 Å². The second-order valence-electron chi connectivity index (χ2n) is 4.26. The van der Waals surface area contributed by atoms with E-state index in [0.29, 0.717) is 33.5 Å². The number of nitrogens with two attached hydrogens (primary N) is 1. The summed E-state index contributed by atoms with van der Waals surface area (Å²) in [6, 6.07) is 9.84. The fourth-order valence-electron chi connectivity index (χ4n) is 1.84. The minimum absolute atomic E-state index is 0.330. The van der Waals surface area contributed by atoms with Crippen molar-refractivity contribution in [1.82, 2.24) is 0 Å². The molecular formula is C15H15ClN2O3. The third kappa shape index (κ3) is 3.38. The SMILES string of the molecule is COc1cc(NC(=O)c2cc(N)ccc2OC)ccc1Cl. The molecule has 0 radical (unpaired) electrons. The number of benzene rings is 2. The molecule has 5 nitrogen and oxygen atoms in total. The van der Waals surface area contributed by atoms with Crippen LogP contribution in [0.4, 0.5) is 11.4 Å². The maximum Gasteiger partial charge on any atom is 0.259 e. The van der Waals surface area contributed by atoms with E-state index in [0.717, 1.165) is 0 Å². The first kappa shape index (κ1) is 15.0. The van der Waals surface area contributed by atoms with Crippen LogP contribution < -0.4 is 20.5 Å². The van der Waals surface area contributed by atoms with Crippen LogP contribution >= 0.6 is 11.6 Å². The smallest absolute Gasteiger partial charge is 0.259 e. The van der Waals surface area contributed by atoms with Crippen LogP contribution in [-0.4, -0.2) is 20.1 Å². The van der Waals surface area contributed by atoms with Gasteiger partial charge in [0.1, 0.15) is 11.5 Å². The highest BCUT2D eigenvalue weighted by Gasteiger charge is 2.13. The van der Waals surface area contributed by atoms with Crippen LogP contribution in [0, 0.1) is 0 Å². The summed E-state index contributed by atoms with van der Waals surface area (Å²) in [6.45, 7) is 0. The number of hydrogen-bond acceptors (Lipinski definition) is 4. The topological polar surface area (TPSA) is 73.6 Å². The van der Waals surface area contributed by atoms with Crippen LogP contribution in [0.3, 0.4) is 0 Å². The van der Waals surface area contributed by atoms with E-state index in [2.05, 4.69) is 5.32 Å². The molecule has 0 aliphatic carbocycles. The number of anilines is 2. The molecule has 2 aromatic carbocycles. The Morgan fingerprint density at radius 2 is 1.81 bits per heavy atom. The molecule has 21 heavy (non-hydrogen) atoms. The lowest BCUT2D eigenvalue weighted by Crippen LogP contribution is -2.13. The highest BCUT2D eigenvalue weighted by atomic mass is 35.5. The molecule has 0 aliphatic heterocycles. The normalized spacial score (nSPS) is 10.0. The van der Waals surface area contributed by atoms with Gasteiger partial charge in [-0.3, -0.25) is 4.79 Å². The summed E-state index contributed by atoms with van der Waals surface area (Å²) in [5.74, 6) is 0.597. The van der Waals surface area contributed by atoms with E-state index >= 15 is 0 Å². The number of carbonyl (C=O) groups is 1. The Kier molecular flexibility index (Phi) is 4.55. The van der Waals surface area contributed by atoms with Crippen LogP contribution in [0.25, 0.3) is 0 Å². The van der Waals surface area contributed by atoms with Gasteiger partial charge in [0.15, 0.2) is 0 Å². The van der Waals surface area contributed by atoms with Crippen molar-refractivity contribution in [3.8, 4) is 11.5 Å². The Balaban J connectivity index is 2.28. The first-order valence-electron chi connectivity index (χ1n) is 6.13. The molecule has 2 aromatic rings. The third-order valence-corrected chi connectivity index (χ3v) is 3.19. The first-order valence-corrected chi connectivity index (χ1v) is 6.51. The first-order chi connectivity index (χ1) is 10.0. The maximum atomic E-state index is 12.3. The van der Waals surface area contributed by atoms with Crippen LogP contribution in [0.2, 0.25) is 5.02 Å². The third-order valence-electron chi connectivity index (χ3n) is 2.88. The lowest BCUT2D eigenvalue weighted by Gasteiger charge is -2.11. The molecule has 0 aromatic heterocycles. The number of amides is 1. The fraction of sp³-hybridized carbons (Fsp3) is 0.133. The number of hydrogen-bond donors (Lipinski definition) is 2. The molecule has 110 valence electrons. The van der Waals surface area contributed by atoms with Crippen molar-refractivity contribution in [2.45, 2.75) is 0 Å². The number of ether oxygens (including phenoxy) is 2. The molecule has 0 heterocycles. The summed E-state index contributed by atoms with van der Waals surface area (Å²) in [7, 11) is 3.00. The summed E-state index contributed by atoms with van der Waals surface area (Å²) < 4.78 is 10.3. The molecule has 6 heteroatoms.